The van der Waals surface area contributed by atoms with Crippen molar-refractivity contribution in [3.05, 3.63) is 22.5 Å². The topological polar surface area (TPSA) is 96.7 Å². The van der Waals surface area contributed by atoms with Crippen LogP contribution >= 0.6 is 0 Å². The molecule has 1 aliphatic rings. The molecule has 8 heteroatoms. The number of carbonyl (C=O) groups excluding carboxylic acids is 1. The largest absolute Gasteiger partial charge is 0.477 e. The van der Waals surface area contributed by atoms with Crippen LogP contribution in [0.25, 0.3) is 0 Å². The van der Waals surface area contributed by atoms with Crippen LogP contribution in [0.5, 0.6) is 0 Å². The Morgan fingerprint density at radius 3 is 2.53 bits per heavy atom. The minimum absolute atomic E-state index is 0.0876. The van der Waals surface area contributed by atoms with Crippen LogP contribution in [0.2, 0.25) is 0 Å². The summed E-state index contributed by atoms with van der Waals surface area (Å²) in [5.41, 5.74) is 1.26. The summed E-state index contributed by atoms with van der Waals surface area (Å²) in [5.74, 6) is -1.19. The number of carboxylic acid groups (broad SMARTS) is 1. The second-order valence-corrected chi connectivity index (χ2v) is 6.50. The van der Waals surface area contributed by atoms with Crippen LogP contribution in [-0.4, -0.2) is 47.5 Å². The summed E-state index contributed by atoms with van der Waals surface area (Å²) in [4.78, 5) is 22.3. The number of carboxylic acids is 1. The molecule has 1 aromatic heterocycles. The molecule has 0 fully saturated rings. The van der Waals surface area contributed by atoms with Crippen molar-refractivity contribution in [1.29, 1.82) is 0 Å². The molecule has 7 nitrogen and oxygen atoms in total. The zero-order valence-electron chi connectivity index (χ0n) is 10.6. The van der Waals surface area contributed by atoms with Gasteiger partial charge in [-0.1, -0.05) is 0 Å². The van der Waals surface area contributed by atoms with Gasteiger partial charge in [-0.2, -0.15) is 4.31 Å². The van der Waals surface area contributed by atoms with Crippen molar-refractivity contribution >= 4 is 22.3 Å². The van der Waals surface area contributed by atoms with Crippen molar-refractivity contribution in [2.24, 2.45) is 7.05 Å². The highest BCUT2D eigenvalue weighted by Gasteiger charge is 2.31. The Kier molecular flexibility index (Phi) is 3.23. The molecule has 0 amide bonds. The minimum atomic E-state index is -3.33. The number of hydrogen-bond donors (Lipinski definition) is 1. The maximum Gasteiger partial charge on any atom is 0.353 e. The molecule has 0 saturated heterocycles. The van der Waals surface area contributed by atoms with Crippen molar-refractivity contribution in [3.63, 3.8) is 0 Å². The molecule has 2 rings (SSSR count). The lowest BCUT2D eigenvalue weighted by atomic mass is 10.0. The van der Waals surface area contributed by atoms with E-state index in [1.165, 1.54) is 15.9 Å². The molecule has 0 saturated carbocycles. The standard InChI is InChI=1S/C11H14N2O5S/c1-12-9-5-13(19(2,17)18)4-3-7(9)8(6-14)10(12)11(15)16/h6H,3-5H2,1-2H3,(H,15,16). The average Bonchev–Trinajstić information content (AvgIpc) is 2.60. The van der Waals surface area contributed by atoms with E-state index >= 15 is 0 Å². The second-order valence-electron chi connectivity index (χ2n) is 4.52. The van der Waals surface area contributed by atoms with E-state index in [0.29, 0.717) is 24.0 Å². The van der Waals surface area contributed by atoms with Gasteiger partial charge in [0.25, 0.3) is 0 Å². The third-order valence-electron chi connectivity index (χ3n) is 3.40. The number of rotatable bonds is 3. The maximum absolute atomic E-state index is 11.5. The molecule has 19 heavy (non-hydrogen) atoms. The van der Waals surface area contributed by atoms with Gasteiger partial charge >= 0.3 is 5.97 Å². The lowest BCUT2D eigenvalue weighted by Crippen LogP contribution is -2.35. The van der Waals surface area contributed by atoms with Crippen LogP contribution < -0.4 is 0 Å². The van der Waals surface area contributed by atoms with Gasteiger partial charge in [0.2, 0.25) is 10.0 Å². The van der Waals surface area contributed by atoms with Crippen LogP contribution in [-0.2, 0) is 30.0 Å². The Bertz CT molecular complexity index is 659. The van der Waals surface area contributed by atoms with Crippen LogP contribution in [0.3, 0.4) is 0 Å². The fourth-order valence-electron chi connectivity index (χ4n) is 2.45. The van der Waals surface area contributed by atoms with E-state index in [1.807, 2.05) is 0 Å². The van der Waals surface area contributed by atoms with Crippen molar-refractivity contribution in [3.8, 4) is 0 Å². The number of fused-ring (bicyclic) bond motifs is 1. The molecule has 0 atom stereocenters. The summed E-state index contributed by atoms with van der Waals surface area (Å²) in [7, 11) is -1.80. The highest BCUT2D eigenvalue weighted by atomic mass is 32.2. The Hall–Kier alpha value is -1.67. The fourth-order valence-corrected chi connectivity index (χ4v) is 3.23. The van der Waals surface area contributed by atoms with Crippen molar-refractivity contribution < 1.29 is 23.1 Å². The van der Waals surface area contributed by atoms with E-state index in [4.69, 9.17) is 5.11 Å². The smallest absolute Gasteiger partial charge is 0.353 e. The summed E-state index contributed by atoms with van der Waals surface area (Å²) in [6.07, 6.45) is 1.98. The third-order valence-corrected chi connectivity index (χ3v) is 4.65. The first-order valence-electron chi connectivity index (χ1n) is 5.61. The second kappa shape index (κ2) is 4.46. The first-order chi connectivity index (χ1) is 8.77. The Morgan fingerprint density at radius 2 is 2.05 bits per heavy atom. The van der Waals surface area contributed by atoms with E-state index in [2.05, 4.69) is 0 Å². The van der Waals surface area contributed by atoms with Gasteiger partial charge < -0.3 is 9.67 Å². The quantitative estimate of drug-likeness (QED) is 0.780. The molecule has 0 aromatic carbocycles. The normalized spacial score (nSPS) is 16.1. The van der Waals surface area contributed by atoms with Crippen molar-refractivity contribution in [2.75, 3.05) is 12.8 Å². The predicted octanol–water partition coefficient (Wildman–Crippen LogP) is -0.146. The third kappa shape index (κ3) is 2.17. The number of sulfonamides is 1. The molecule has 2 heterocycles. The summed E-state index contributed by atoms with van der Waals surface area (Å²) < 4.78 is 25.7. The van der Waals surface area contributed by atoms with Gasteiger partial charge in [-0.15, -0.1) is 0 Å². The number of nitrogens with zero attached hydrogens (tertiary/aromatic N) is 2. The molecular weight excluding hydrogens is 272 g/mol. The van der Waals surface area contributed by atoms with Crippen LogP contribution in [0, 0.1) is 0 Å². The van der Waals surface area contributed by atoms with E-state index in [1.54, 1.807) is 0 Å². The number of aldehydes is 1. The zero-order chi connectivity index (χ0) is 14.4. The Morgan fingerprint density at radius 1 is 1.42 bits per heavy atom. The molecule has 104 valence electrons. The number of aromatic carboxylic acids is 1. The Labute approximate surface area is 110 Å². The van der Waals surface area contributed by atoms with E-state index in [-0.39, 0.29) is 24.3 Å². The zero-order valence-corrected chi connectivity index (χ0v) is 11.4. The average molecular weight is 286 g/mol. The summed E-state index contributed by atoms with van der Waals surface area (Å²) in [5, 5.41) is 9.14. The monoisotopic (exact) mass is 286 g/mol. The highest BCUT2D eigenvalue weighted by molar-refractivity contribution is 7.88. The van der Waals surface area contributed by atoms with Gasteiger partial charge in [0.05, 0.1) is 18.4 Å². The molecule has 0 bridgehead atoms. The Balaban J connectivity index is 2.58. The summed E-state index contributed by atoms with van der Waals surface area (Å²) in [6, 6.07) is 0. The lowest BCUT2D eigenvalue weighted by molar-refractivity contribution is 0.0683. The van der Waals surface area contributed by atoms with E-state index in [0.717, 1.165) is 6.26 Å². The number of aromatic nitrogens is 1. The van der Waals surface area contributed by atoms with Gasteiger partial charge in [0, 0.05) is 19.3 Å². The molecule has 0 unspecified atom stereocenters. The van der Waals surface area contributed by atoms with Crippen LogP contribution in [0.15, 0.2) is 0 Å². The van der Waals surface area contributed by atoms with Crippen LogP contribution in [0.1, 0.15) is 32.1 Å². The summed E-state index contributed by atoms with van der Waals surface area (Å²) in [6.45, 7) is 0.356. The number of hydrogen-bond acceptors (Lipinski definition) is 4. The first kappa shape index (κ1) is 13.8. The molecule has 0 radical (unpaired) electrons. The van der Waals surface area contributed by atoms with Gasteiger partial charge in [0.1, 0.15) is 5.69 Å². The van der Waals surface area contributed by atoms with Gasteiger partial charge in [-0.3, -0.25) is 4.79 Å². The molecule has 1 aliphatic heterocycles. The SMILES string of the molecule is Cn1c2c(c(C=O)c1C(=O)O)CCN(S(C)(=O)=O)C2. The van der Waals surface area contributed by atoms with Crippen LogP contribution in [0.4, 0.5) is 0 Å². The van der Waals surface area contributed by atoms with Gasteiger partial charge in [-0.05, 0) is 12.0 Å². The number of carbonyl (C=O) groups is 2. The molecule has 0 aliphatic carbocycles. The highest BCUT2D eigenvalue weighted by Crippen LogP contribution is 2.27. The minimum Gasteiger partial charge on any atom is -0.477 e. The molecule has 1 N–H and O–H groups in total. The molecule has 1 aromatic rings. The van der Waals surface area contributed by atoms with E-state index < -0.39 is 16.0 Å². The van der Waals surface area contributed by atoms with Crippen molar-refractivity contribution in [2.45, 2.75) is 13.0 Å². The molecule has 0 spiro atoms. The summed E-state index contributed by atoms with van der Waals surface area (Å²) >= 11 is 0. The van der Waals surface area contributed by atoms with E-state index in [9.17, 15) is 18.0 Å². The maximum atomic E-state index is 11.5. The molecular formula is C11H14N2O5S. The first-order valence-corrected chi connectivity index (χ1v) is 7.46. The van der Waals surface area contributed by atoms with Gasteiger partial charge in [0.15, 0.2) is 6.29 Å². The lowest BCUT2D eigenvalue weighted by Gasteiger charge is -2.25. The van der Waals surface area contributed by atoms with Gasteiger partial charge in [-0.25, -0.2) is 13.2 Å². The predicted molar refractivity (Wildman–Crippen MR) is 66.7 cm³/mol. The fraction of sp³-hybridized carbons (Fsp3) is 0.455. The van der Waals surface area contributed by atoms with Crippen molar-refractivity contribution in [1.82, 2.24) is 8.87 Å².